The predicted molar refractivity (Wildman–Crippen MR) is 64.9 cm³/mol. The molecule has 1 fully saturated rings. The molecule has 0 aliphatic heterocycles. The van der Waals surface area contributed by atoms with E-state index < -0.39 is 0 Å². The van der Waals surface area contributed by atoms with Crippen LogP contribution in [0, 0.1) is 12.8 Å². The molecule has 82 valence electrons. The van der Waals surface area contributed by atoms with Crippen LogP contribution in [0.1, 0.15) is 42.9 Å². The molecule has 1 aromatic carbocycles. The minimum atomic E-state index is 0.547. The summed E-state index contributed by atoms with van der Waals surface area (Å²) in [6, 6.07) is 9.46. The van der Waals surface area contributed by atoms with Crippen molar-refractivity contribution in [1.29, 1.82) is 0 Å². The van der Waals surface area contributed by atoms with Crippen LogP contribution in [0.25, 0.3) is 0 Å². The summed E-state index contributed by atoms with van der Waals surface area (Å²) in [6.45, 7) is 2.14. The Morgan fingerprint density at radius 2 is 1.93 bits per heavy atom. The molecule has 15 heavy (non-hydrogen) atoms. The number of hydrogen-bond acceptors (Lipinski definition) is 1. The topological polar surface area (TPSA) is 12.0 Å². The molecular formula is C14H21N. The lowest BCUT2D eigenvalue weighted by atomic mass is 10.00. The monoisotopic (exact) mass is 203 g/mol. The quantitative estimate of drug-likeness (QED) is 0.773. The number of hydrogen-bond donors (Lipinski definition) is 1. The van der Waals surface area contributed by atoms with Crippen LogP contribution < -0.4 is 5.32 Å². The predicted octanol–water partition coefficient (Wildman–Crippen LogP) is 3.45. The second-order valence-corrected chi connectivity index (χ2v) is 4.77. The highest BCUT2D eigenvalue weighted by Gasteiger charge is 2.22. The van der Waals surface area contributed by atoms with Crippen LogP contribution >= 0.6 is 0 Å². The number of rotatable bonds is 5. The average molecular weight is 203 g/mol. The van der Waals surface area contributed by atoms with Gasteiger partial charge in [-0.15, -0.1) is 0 Å². The zero-order chi connectivity index (χ0) is 10.7. The van der Waals surface area contributed by atoms with Gasteiger partial charge in [0.2, 0.25) is 0 Å². The molecule has 1 nitrogen and oxygen atoms in total. The van der Waals surface area contributed by atoms with Crippen LogP contribution in [0.3, 0.4) is 0 Å². The largest absolute Gasteiger partial charge is 0.313 e. The van der Waals surface area contributed by atoms with Gasteiger partial charge in [0.15, 0.2) is 0 Å². The van der Waals surface area contributed by atoms with Crippen molar-refractivity contribution < 1.29 is 0 Å². The Morgan fingerprint density at radius 3 is 2.47 bits per heavy atom. The Hall–Kier alpha value is -0.820. The fourth-order valence-corrected chi connectivity index (χ4v) is 2.09. The molecule has 2 rings (SSSR count). The summed E-state index contributed by atoms with van der Waals surface area (Å²) in [5.41, 5.74) is 2.78. The van der Waals surface area contributed by atoms with Crippen LogP contribution in [-0.4, -0.2) is 7.05 Å². The third kappa shape index (κ3) is 3.07. The van der Waals surface area contributed by atoms with Gasteiger partial charge in [0.05, 0.1) is 0 Å². The van der Waals surface area contributed by atoms with Crippen molar-refractivity contribution in [2.45, 2.75) is 38.6 Å². The molecule has 1 aliphatic rings. The third-order valence-corrected chi connectivity index (χ3v) is 3.39. The van der Waals surface area contributed by atoms with E-state index in [1.807, 2.05) is 0 Å². The van der Waals surface area contributed by atoms with Gasteiger partial charge >= 0.3 is 0 Å². The van der Waals surface area contributed by atoms with Gasteiger partial charge < -0.3 is 5.32 Å². The molecule has 1 unspecified atom stereocenters. The van der Waals surface area contributed by atoms with E-state index in [9.17, 15) is 0 Å². The lowest BCUT2D eigenvalue weighted by Crippen LogP contribution is -2.16. The molecule has 0 aromatic heterocycles. The molecule has 0 spiro atoms. The highest BCUT2D eigenvalue weighted by atomic mass is 14.9. The van der Waals surface area contributed by atoms with Gasteiger partial charge in [-0.1, -0.05) is 42.7 Å². The summed E-state index contributed by atoms with van der Waals surface area (Å²) in [5.74, 6) is 1.03. The first-order chi connectivity index (χ1) is 7.29. The van der Waals surface area contributed by atoms with E-state index in [-0.39, 0.29) is 0 Å². The van der Waals surface area contributed by atoms with E-state index in [2.05, 4.69) is 43.6 Å². The Balaban J connectivity index is 1.94. The lowest BCUT2D eigenvalue weighted by Gasteiger charge is -2.16. The second-order valence-electron chi connectivity index (χ2n) is 4.77. The van der Waals surface area contributed by atoms with E-state index in [0.717, 1.165) is 5.92 Å². The van der Waals surface area contributed by atoms with E-state index in [1.165, 1.54) is 36.8 Å². The number of aryl methyl sites for hydroxylation is 1. The van der Waals surface area contributed by atoms with Crippen molar-refractivity contribution in [3.63, 3.8) is 0 Å². The summed E-state index contributed by atoms with van der Waals surface area (Å²) in [7, 11) is 2.07. The molecule has 1 aromatic rings. The van der Waals surface area contributed by atoms with Crippen LogP contribution in [0.15, 0.2) is 24.3 Å². The van der Waals surface area contributed by atoms with Gasteiger partial charge in [-0.2, -0.15) is 0 Å². The number of nitrogens with one attached hydrogen (secondary N) is 1. The van der Waals surface area contributed by atoms with Crippen molar-refractivity contribution >= 4 is 0 Å². The van der Waals surface area contributed by atoms with E-state index in [4.69, 9.17) is 0 Å². The molecule has 0 saturated heterocycles. The summed E-state index contributed by atoms with van der Waals surface area (Å²) >= 11 is 0. The highest BCUT2D eigenvalue weighted by molar-refractivity contribution is 5.24. The maximum atomic E-state index is 3.42. The standard InChI is InChI=1S/C14H21N/c1-11-3-8-13(9-4-11)14(15-2)10-7-12-5-6-12/h3-4,8-9,12,14-15H,5-7,10H2,1-2H3. The molecule has 0 heterocycles. The summed E-state index contributed by atoms with van der Waals surface area (Å²) in [5, 5.41) is 3.42. The van der Waals surface area contributed by atoms with Gasteiger partial charge in [0.25, 0.3) is 0 Å². The minimum absolute atomic E-state index is 0.547. The maximum Gasteiger partial charge on any atom is 0.0317 e. The molecule has 1 heteroatoms. The number of benzene rings is 1. The highest BCUT2D eigenvalue weighted by Crippen LogP contribution is 2.35. The fourth-order valence-electron chi connectivity index (χ4n) is 2.09. The van der Waals surface area contributed by atoms with Crippen LogP contribution in [-0.2, 0) is 0 Å². The Kier molecular flexibility index (Phi) is 3.42. The van der Waals surface area contributed by atoms with Crippen molar-refractivity contribution in [1.82, 2.24) is 5.32 Å². The van der Waals surface area contributed by atoms with Gasteiger partial charge in [-0.25, -0.2) is 0 Å². The lowest BCUT2D eigenvalue weighted by molar-refractivity contribution is 0.506. The molecule has 1 aliphatic carbocycles. The fraction of sp³-hybridized carbons (Fsp3) is 0.571. The Morgan fingerprint density at radius 1 is 1.27 bits per heavy atom. The molecule has 1 saturated carbocycles. The van der Waals surface area contributed by atoms with Crippen LogP contribution in [0.2, 0.25) is 0 Å². The first kappa shape index (κ1) is 10.7. The molecule has 1 atom stereocenters. The molecule has 0 bridgehead atoms. The van der Waals surface area contributed by atoms with Gasteiger partial charge in [-0.05, 0) is 38.3 Å². The van der Waals surface area contributed by atoms with Gasteiger partial charge in [-0.3, -0.25) is 0 Å². The smallest absolute Gasteiger partial charge is 0.0317 e. The van der Waals surface area contributed by atoms with Crippen molar-refractivity contribution in [3.05, 3.63) is 35.4 Å². The third-order valence-electron chi connectivity index (χ3n) is 3.39. The SMILES string of the molecule is CNC(CCC1CC1)c1ccc(C)cc1. The van der Waals surface area contributed by atoms with Crippen LogP contribution in [0.5, 0.6) is 0 Å². The Bertz CT molecular complexity index is 298. The van der Waals surface area contributed by atoms with Crippen molar-refractivity contribution in [2.24, 2.45) is 5.92 Å². The molecular weight excluding hydrogens is 182 g/mol. The molecule has 1 N–H and O–H groups in total. The maximum absolute atomic E-state index is 3.42. The first-order valence-corrected chi connectivity index (χ1v) is 6.03. The van der Waals surface area contributed by atoms with Gasteiger partial charge in [0.1, 0.15) is 0 Å². The van der Waals surface area contributed by atoms with E-state index in [0.29, 0.717) is 6.04 Å². The van der Waals surface area contributed by atoms with Gasteiger partial charge in [0, 0.05) is 6.04 Å². The van der Waals surface area contributed by atoms with Crippen molar-refractivity contribution in [3.8, 4) is 0 Å². The average Bonchev–Trinajstić information content (AvgIpc) is 3.05. The van der Waals surface area contributed by atoms with Crippen molar-refractivity contribution in [2.75, 3.05) is 7.05 Å². The Labute approximate surface area is 92.9 Å². The summed E-state index contributed by atoms with van der Waals surface area (Å²) in [4.78, 5) is 0. The van der Waals surface area contributed by atoms with E-state index in [1.54, 1.807) is 0 Å². The molecule has 0 amide bonds. The first-order valence-electron chi connectivity index (χ1n) is 6.03. The van der Waals surface area contributed by atoms with Crippen LogP contribution in [0.4, 0.5) is 0 Å². The summed E-state index contributed by atoms with van der Waals surface area (Å²) in [6.07, 6.45) is 5.60. The van der Waals surface area contributed by atoms with E-state index >= 15 is 0 Å². The normalized spacial score (nSPS) is 17.7. The summed E-state index contributed by atoms with van der Waals surface area (Å²) < 4.78 is 0. The second kappa shape index (κ2) is 4.80. The zero-order valence-corrected chi connectivity index (χ0v) is 9.79. The zero-order valence-electron chi connectivity index (χ0n) is 9.79. The minimum Gasteiger partial charge on any atom is -0.313 e. The molecule has 0 radical (unpaired) electrons.